The summed E-state index contributed by atoms with van der Waals surface area (Å²) >= 11 is 0. The minimum absolute atomic E-state index is 0. The van der Waals surface area contributed by atoms with Crippen molar-refractivity contribution in [3.05, 3.63) is 77.1 Å². The first-order chi connectivity index (χ1) is 25.2. The third-order valence-corrected chi connectivity index (χ3v) is 10.0. The highest BCUT2D eigenvalue weighted by molar-refractivity contribution is 6.11. The van der Waals surface area contributed by atoms with Gasteiger partial charge in [0.15, 0.2) is 0 Å². The number of nitrogens with zero attached hydrogens (tertiary/aromatic N) is 5. The molecule has 1 aromatic heterocycles. The molecular formula is C40H54Cl3N7O5. The second-order valence-electron chi connectivity index (χ2n) is 13.9. The summed E-state index contributed by atoms with van der Waals surface area (Å²) in [5.74, 6) is 1.37. The van der Waals surface area contributed by atoms with E-state index >= 15 is 0 Å². The van der Waals surface area contributed by atoms with Crippen molar-refractivity contribution in [1.82, 2.24) is 24.7 Å². The van der Waals surface area contributed by atoms with Gasteiger partial charge in [-0.3, -0.25) is 19.3 Å². The Bertz CT molecular complexity index is 1890. The van der Waals surface area contributed by atoms with Crippen LogP contribution in [0, 0.1) is 6.92 Å². The number of aryl methyl sites for hydroxylation is 1. The maximum Gasteiger partial charge on any atom is 0.259 e. The third-order valence-electron chi connectivity index (χ3n) is 10.0. The number of aromatic nitrogens is 2. The van der Waals surface area contributed by atoms with Crippen LogP contribution in [0.3, 0.4) is 0 Å². The second kappa shape index (κ2) is 21.3. The number of anilines is 2. The number of piperazine rings is 1. The fourth-order valence-electron chi connectivity index (χ4n) is 6.88. The number of para-hydroxylation sites is 1. The number of unbranched alkanes of at least 4 members (excludes halogenated alkanes) is 2. The van der Waals surface area contributed by atoms with E-state index in [9.17, 15) is 14.4 Å². The molecule has 2 N–H and O–H groups in total. The van der Waals surface area contributed by atoms with Crippen LogP contribution in [0.15, 0.2) is 54.6 Å². The molecule has 3 heterocycles. The van der Waals surface area contributed by atoms with Gasteiger partial charge in [-0.1, -0.05) is 12.1 Å². The van der Waals surface area contributed by atoms with Crippen LogP contribution in [-0.2, 0) is 11.3 Å². The summed E-state index contributed by atoms with van der Waals surface area (Å²) < 4.78 is 11.8. The first-order valence-electron chi connectivity index (χ1n) is 18.4. The number of imidazole rings is 1. The number of carbonyl (C=O) groups excluding carboxylic acids is 3. The lowest BCUT2D eigenvalue weighted by molar-refractivity contribution is -0.132. The molecule has 0 unspecified atom stereocenters. The number of amides is 3. The van der Waals surface area contributed by atoms with Gasteiger partial charge in [-0.15, -0.1) is 37.2 Å². The number of methoxy groups -OCH3 is 1. The summed E-state index contributed by atoms with van der Waals surface area (Å²) in [4.78, 5) is 56.2. The van der Waals surface area contributed by atoms with E-state index in [1.807, 2.05) is 48.2 Å². The van der Waals surface area contributed by atoms with Crippen molar-refractivity contribution < 1.29 is 23.9 Å². The lowest BCUT2D eigenvalue weighted by atomic mass is 10.1. The Kier molecular flexibility index (Phi) is 17.5. The highest BCUT2D eigenvalue weighted by Crippen LogP contribution is 2.32. The van der Waals surface area contributed by atoms with Gasteiger partial charge in [-0.2, -0.15) is 0 Å². The zero-order chi connectivity index (χ0) is 36.6. The van der Waals surface area contributed by atoms with E-state index < -0.39 is 0 Å². The van der Waals surface area contributed by atoms with Crippen LogP contribution in [-0.4, -0.2) is 109 Å². The number of likely N-dealkylation sites (N-methyl/N-ethyl adjacent to an activating group) is 1. The molecule has 2 saturated heterocycles. The average Bonchev–Trinajstić information content (AvgIpc) is 3.83. The van der Waals surface area contributed by atoms with E-state index in [0.29, 0.717) is 46.8 Å². The topological polar surface area (TPSA) is 123 Å². The number of rotatable bonds is 14. The molecule has 3 amide bonds. The van der Waals surface area contributed by atoms with Gasteiger partial charge in [-0.25, -0.2) is 4.98 Å². The van der Waals surface area contributed by atoms with Crippen LogP contribution in [0.1, 0.15) is 70.6 Å². The SMILES string of the molecule is COc1cc(C(=O)N(C)c2ccc(C)cc2OCCCCCC(=O)N2CCN(C)CC2)ccc1C(=O)Nc1cccc2[nH]c(CN3CCCC3)nc12.Cl.Cl.Cl. The number of likely N-dealkylation sites (tertiary alicyclic amines) is 1. The molecule has 55 heavy (non-hydrogen) atoms. The van der Waals surface area contributed by atoms with Crippen molar-refractivity contribution in [2.45, 2.75) is 52.0 Å². The summed E-state index contributed by atoms with van der Waals surface area (Å²) in [7, 11) is 5.28. The molecule has 15 heteroatoms. The summed E-state index contributed by atoms with van der Waals surface area (Å²) in [6, 6.07) is 16.3. The number of hydrogen-bond donors (Lipinski definition) is 2. The fraction of sp³-hybridized carbons (Fsp3) is 0.450. The minimum atomic E-state index is -0.362. The number of benzene rings is 3. The minimum Gasteiger partial charge on any atom is -0.496 e. The number of halogens is 3. The van der Waals surface area contributed by atoms with Crippen molar-refractivity contribution >= 4 is 77.4 Å². The standard InChI is InChI=1S/C40H51N7O5.3ClH/c1-28-14-17-33(35(25-28)52-24-9-5-6-13-37(48)47-22-20-44(2)21-23-47)45(3)40(50)29-15-16-30(34(26-29)51-4)39(49)42-32-12-10-11-31-38(32)43-36(41-31)27-46-18-7-8-19-46;;;/h10-12,14-17,25-26H,5-9,13,18-24,27H2,1-4H3,(H,41,43)(H,42,49);3*1H. The van der Waals surface area contributed by atoms with Gasteiger partial charge in [0.05, 0.1) is 42.7 Å². The van der Waals surface area contributed by atoms with Crippen LogP contribution < -0.4 is 19.7 Å². The lowest BCUT2D eigenvalue weighted by Gasteiger charge is -2.32. The molecule has 12 nitrogen and oxygen atoms in total. The summed E-state index contributed by atoms with van der Waals surface area (Å²) in [6.45, 7) is 8.80. The van der Waals surface area contributed by atoms with Crippen LogP contribution in [0.25, 0.3) is 11.0 Å². The molecule has 3 aromatic carbocycles. The Morgan fingerprint density at radius 2 is 1.64 bits per heavy atom. The van der Waals surface area contributed by atoms with Crippen molar-refractivity contribution in [1.29, 1.82) is 0 Å². The van der Waals surface area contributed by atoms with E-state index in [2.05, 4.69) is 27.1 Å². The Balaban J connectivity index is 0.00000271. The van der Waals surface area contributed by atoms with E-state index in [4.69, 9.17) is 14.5 Å². The highest BCUT2D eigenvalue weighted by atomic mass is 35.5. The Morgan fingerprint density at radius 1 is 0.891 bits per heavy atom. The smallest absolute Gasteiger partial charge is 0.259 e. The number of H-pyrrole nitrogens is 1. The van der Waals surface area contributed by atoms with E-state index in [-0.39, 0.29) is 60.7 Å². The van der Waals surface area contributed by atoms with E-state index in [0.717, 1.165) is 82.0 Å². The molecule has 2 aliphatic rings. The maximum atomic E-state index is 13.8. The molecule has 300 valence electrons. The number of nitrogens with one attached hydrogen (secondary N) is 2. The average molecular weight is 819 g/mol. The molecule has 4 aromatic rings. The number of ether oxygens (including phenoxy) is 2. The monoisotopic (exact) mass is 817 g/mol. The molecule has 0 atom stereocenters. The first-order valence-corrected chi connectivity index (χ1v) is 18.4. The van der Waals surface area contributed by atoms with Gasteiger partial charge < -0.3 is 34.5 Å². The molecule has 2 aliphatic heterocycles. The van der Waals surface area contributed by atoms with Crippen LogP contribution in [0.2, 0.25) is 0 Å². The van der Waals surface area contributed by atoms with Crippen molar-refractivity contribution in [3.8, 4) is 11.5 Å². The predicted octanol–water partition coefficient (Wildman–Crippen LogP) is 6.98. The lowest BCUT2D eigenvalue weighted by Crippen LogP contribution is -2.47. The van der Waals surface area contributed by atoms with Gasteiger partial charge in [0.25, 0.3) is 11.8 Å². The van der Waals surface area contributed by atoms with Crippen molar-refractivity contribution in [2.75, 3.05) is 77.3 Å². The van der Waals surface area contributed by atoms with Crippen molar-refractivity contribution in [3.63, 3.8) is 0 Å². The van der Waals surface area contributed by atoms with Crippen LogP contribution >= 0.6 is 37.2 Å². The molecular weight excluding hydrogens is 765 g/mol. The Morgan fingerprint density at radius 3 is 2.36 bits per heavy atom. The quantitative estimate of drug-likeness (QED) is 0.131. The Labute approximate surface area is 342 Å². The normalized spacial score (nSPS) is 14.4. The van der Waals surface area contributed by atoms with Crippen molar-refractivity contribution in [2.24, 2.45) is 0 Å². The van der Waals surface area contributed by atoms with E-state index in [1.165, 1.54) is 20.0 Å². The van der Waals surface area contributed by atoms with Crippen LogP contribution in [0.4, 0.5) is 11.4 Å². The number of carbonyl (C=O) groups is 3. The van der Waals surface area contributed by atoms with Gasteiger partial charge in [-0.05, 0) is 107 Å². The van der Waals surface area contributed by atoms with Gasteiger partial charge >= 0.3 is 0 Å². The highest BCUT2D eigenvalue weighted by Gasteiger charge is 2.23. The fourth-order valence-corrected chi connectivity index (χ4v) is 6.88. The summed E-state index contributed by atoms with van der Waals surface area (Å²) in [5, 5.41) is 3.00. The second-order valence-corrected chi connectivity index (χ2v) is 13.9. The number of hydrogen-bond acceptors (Lipinski definition) is 8. The molecule has 0 saturated carbocycles. The number of aromatic amines is 1. The molecule has 6 rings (SSSR count). The Hall–Kier alpha value is -4.07. The molecule has 2 fully saturated rings. The molecule has 0 spiro atoms. The third kappa shape index (κ3) is 11.5. The predicted molar refractivity (Wildman–Crippen MR) is 225 cm³/mol. The van der Waals surface area contributed by atoms with Gasteiger partial charge in [0.1, 0.15) is 22.8 Å². The summed E-state index contributed by atoms with van der Waals surface area (Å²) in [5.41, 5.74) is 4.48. The molecule has 0 aliphatic carbocycles. The summed E-state index contributed by atoms with van der Waals surface area (Å²) in [6.07, 6.45) is 5.47. The number of fused-ring (bicyclic) bond motifs is 1. The first kappa shape index (κ1) is 45.3. The molecule has 0 bridgehead atoms. The van der Waals surface area contributed by atoms with Gasteiger partial charge in [0, 0.05) is 45.2 Å². The zero-order valence-corrected chi connectivity index (χ0v) is 34.5. The largest absolute Gasteiger partial charge is 0.496 e. The van der Waals surface area contributed by atoms with E-state index in [1.54, 1.807) is 30.1 Å². The zero-order valence-electron chi connectivity index (χ0n) is 32.1. The maximum absolute atomic E-state index is 13.8. The van der Waals surface area contributed by atoms with Crippen LogP contribution in [0.5, 0.6) is 11.5 Å². The molecule has 0 radical (unpaired) electrons. The van der Waals surface area contributed by atoms with Gasteiger partial charge in [0.2, 0.25) is 5.91 Å².